The van der Waals surface area contributed by atoms with E-state index in [9.17, 15) is 5.11 Å². The maximum Gasteiger partial charge on any atom is 0.0910 e. The molecule has 0 spiro atoms. The predicted molar refractivity (Wildman–Crippen MR) is 90.0 cm³/mol. The standard InChI is InChI=1S/C16H26OS2/c1-5-18-16(19-6-2,15(17)13(3)4)12-14-10-8-7-9-11-14/h7-11,13,15,17H,5-6,12H2,1-4H3. The Hall–Kier alpha value is -0.120. The SMILES string of the molecule is CCSC(Cc1ccccc1)(SCC)C(O)C(C)C. The first kappa shape index (κ1) is 16.9. The molecule has 1 aromatic carbocycles. The fourth-order valence-corrected chi connectivity index (χ4v) is 5.74. The van der Waals surface area contributed by atoms with Gasteiger partial charge in [0.1, 0.15) is 0 Å². The zero-order valence-corrected chi connectivity index (χ0v) is 14.1. The van der Waals surface area contributed by atoms with Gasteiger partial charge >= 0.3 is 0 Å². The van der Waals surface area contributed by atoms with Gasteiger partial charge in [0.15, 0.2) is 0 Å². The summed E-state index contributed by atoms with van der Waals surface area (Å²) in [4.78, 5) is 0. The predicted octanol–water partition coefficient (Wildman–Crippen LogP) is 4.45. The topological polar surface area (TPSA) is 20.2 Å². The molecule has 0 heterocycles. The van der Waals surface area contributed by atoms with E-state index in [1.54, 1.807) is 0 Å². The van der Waals surface area contributed by atoms with E-state index in [-0.39, 0.29) is 16.1 Å². The van der Waals surface area contributed by atoms with Crippen LogP contribution in [0.15, 0.2) is 30.3 Å². The second kappa shape index (κ2) is 8.23. The lowest BCUT2D eigenvalue weighted by atomic mass is 9.98. The third kappa shape index (κ3) is 4.73. The molecule has 1 atom stereocenters. The van der Waals surface area contributed by atoms with Crippen LogP contribution in [0.5, 0.6) is 0 Å². The summed E-state index contributed by atoms with van der Waals surface area (Å²) < 4.78 is -0.126. The molecule has 1 N–H and O–H groups in total. The third-order valence-electron chi connectivity index (χ3n) is 3.15. The summed E-state index contributed by atoms with van der Waals surface area (Å²) in [5.74, 6) is 2.34. The van der Waals surface area contributed by atoms with E-state index in [1.165, 1.54) is 5.56 Å². The Morgan fingerprint density at radius 2 is 1.58 bits per heavy atom. The Balaban J connectivity index is 3.01. The first-order chi connectivity index (χ1) is 9.05. The van der Waals surface area contributed by atoms with Gasteiger partial charge < -0.3 is 5.11 Å². The molecule has 0 radical (unpaired) electrons. The molecule has 3 heteroatoms. The Morgan fingerprint density at radius 1 is 1.05 bits per heavy atom. The Bertz CT molecular complexity index is 345. The average molecular weight is 299 g/mol. The molecule has 1 rings (SSSR count). The highest BCUT2D eigenvalue weighted by atomic mass is 32.2. The minimum Gasteiger partial charge on any atom is -0.391 e. The van der Waals surface area contributed by atoms with Gasteiger partial charge in [0, 0.05) is 0 Å². The number of hydrogen-bond acceptors (Lipinski definition) is 3. The van der Waals surface area contributed by atoms with Crippen LogP contribution in [0.25, 0.3) is 0 Å². The second-order valence-electron chi connectivity index (χ2n) is 5.03. The Morgan fingerprint density at radius 3 is 2.00 bits per heavy atom. The fourth-order valence-electron chi connectivity index (χ4n) is 2.30. The molecule has 0 saturated carbocycles. The van der Waals surface area contributed by atoms with Crippen LogP contribution in [0.2, 0.25) is 0 Å². The molecule has 0 fully saturated rings. The van der Waals surface area contributed by atoms with Crippen molar-refractivity contribution in [2.24, 2.45) is 5.92 Å². The van der Waals surface area contributed by atoms with Gasteiger partial charge in [-0.15, -0.1) is 23.5 Å². The van der Waals surface area contributed by atoms with Crippen LogP contribution in [0.3, 0.4) is 0 Å². The molecule has 108 valence electrons. The molecule has 0 aliphatic rings. The van der Waals surface area contributed by atoms with Gasteiger partial charge in [0.2, 0.25) is 0 Å². The summed E-state index contributed by atoms with van der Waals surface area (Å²) in [6.45, 7) is 8.56. The number of rotatable bonds is 8. The molecule has 1 unspecified atom stereocenters. The Kier molecular flexibility index (Phi) is 7.33. The fraction of sp³-hybridized carbons (Fsp3) is 0.625. The van der Waals surface area contributed by atoms with E-state index in [0.717, 1.165) is 17.9 Å². The number of thioether (sulfide) groups is 2. The average Bonchev–Trinajstić information content (AvgIpc) is 2.39. The summed E-state index contributed by atoms with van der Waals surface area (Å²) in [6, 6.07) is 10.5. The number of aliphatic hydroxyl groups excluding tert-OH is 1. The van der Waals surface area contributed by atoms with Crippen molar-refractivity contribution < 1.29 is 5.11 Å². The van der Waals surface area contributed by atoms with Crippen molar-refractivity contribution in [2.75, 3.05) is 11.5 Å². The first-order valence-corrected chi connectivity index (χ1v) is 9.02. The number of aliphatic hydroxyl groups is 1. The lowest BCUT2D eigenvalue weighted by Crippen LogP contribution is -2.42. The Labute approximate surface area is 126 Å². The summed E-state index contributed by atoms with van der Waals surface area (Å²) in [6.07, 6.45) is 0.632. The van der Waals surface area contributed by atoms with Gasteiger partial charge in [0.25, 0.3) is 0 Å². The normalized spacial score (nSPS) is 13.8. The van der Waals surface area contributed by atoms with Crippen LogP contribution in [-0.2, 0) is 6.42 Å². The highest BCUT2D eigenvalue weighted by molar-refractivity contribution is 8.18. The van der Waals surface area contributed by atoms with Crippen LogP contribution < -0.4 is 0 Å². The molecule has 0 saturated heterocycles. The van der Waals surface area contributed by atoms with Crippen LogP contribution in [0.4, 0.5) is 0 Å². The van der Waals surface area contributed by atoms with Gasteiger partial charge in [-0.2, -0.15) is 0 Å². The van der Waals surface area contributed by atoms with E-state index in [4.69, 9.17) is 0 Å². The minimum atomic E-state index is -0.289. The van der Waals surface area contributed by atoms with Crippen LogP contribution in [0, 0.1) is 5.92 Å². The summed E-state index contributed by atoms with van der Waals surface area (Å²) in [5, 5.41) is 10.7. The summed E-state index contributed by atoms with van der Waals surface area (Å²) in [5.41, 5.74) is 1.31. The third-order valence-corrected chi connectivity index (χ3v) is 6.19. The number of hydrogen-bond donors (Lipinski definition) is 1. The van der Waals surface area contributed by atoms with Crippen molar-refractivity contribution >= 4 is 23.5 Å². The van der Waals surface area contributed by atoms with Crippen LogP contribution in [-0.4, -0.2) is 26.8 Å². The summed E-state index contributed by atoms with van der Waals surface area (Å²) >= 11 is 3.79. The molecule has 0 bridgehead atoms. The van der Waals surface area contributed by atoms with Crippen molar-refractivity contribution in [2.45, 2.75) is 44.3 Å². The minimum absolute atomic E-state index is 0.126. The van der Waals surface area contributed by atoms with Gasteiger partial charge in [0.05, 0.1) is 10.2 Å². The van der Waals surface area contributed by atoms with Gasteiger partial charge in [-0.05, 0) is 29.4 Å². The van der Waals surface area contributed by atoms with Gasteiger partial charge in [-0.25, -0.2) is 0 Å². The molecule has 0 aromatic heterocycles. The highest BCUT2D eigenvalue weighted by Gasteiger charge is 2.39. The van der Waals surface area contributed by atoms with Crippen molar-refractivity contribution in [3.8, 4) is 0 Å². The molecule has 1 nitrogen and oxygen atoms in total. The molecule has 1 aromatic rings. The lowest BCUT2D eigenvalue weighted by Gasteiger charge is -2.39. The van der Waals surface area contributed by atoms with Crippen molar-refractivity contribution in [1.29, 1.82) is 0 Å². The first-order valence-electron chi connectivity index (χ1n) is 7.05. The zero-order valence-electron chi connectivity index (χ0n) is 12.4. The van der Waals surface area contributed by atoms with Gasteiger partial charge in [-0.3, -0.25) is 0 Å². The molecule has 0 aliphatic carbocycles. The molecule has 0 amide bonds. The zero-order chi connectivity index (χ0) is 14.3. The molecular formula is C16H26OS2. The van der Waals surface area contributed by atoms with Crippen LogP contribution in [0.1, 0.15) is 33.3 Å². The maximum absolute atomic E-state index is 10.7. The van der Waals surface area contributed by atoms with E-state index in [1.807, 2.05) is 29.6 Å². The van der Waals surface area contributed by atoms with E-state index in [0.29, 0.717) is 0 Å². The van der Waals surface area contributed by atoms with E-state index in [2.05, 4.69) is 52.0 Å². The van der Waals surface area contributed by atoms with Crippen molar-refractivity contribution in [3.05, 3.63) is 35.9 Å². The monoisotopic (exact) mass is 298 g/mol. The van der Waals surface area contributed by atoms with Crippen molar-refractivity contribution in [3.63, 3.8) is 0 Å². The lowest BCUT2D eigenvalue weighted by molar-refractivity contribution is 0.112. The van der Waals surface area contributed by atoms with Crippen molar-refractivity contribution in [1.82, 2.24) is 0 Å². The quantitative estimate of drug-likeness (QED) is 0.716. The molecule has 19 heavy (non-hydrogen) atoms. The summed E-state index contributed by atoms with van der Waals surface area (Å²) in [7, 11) is 0. The second-order valence-corrected chi connectivity index (χ2v) is 8.48. The van der Waals surface area contributed by atoms with E-state index >= 15 is 0 Å². The molecular weight excluding hydrogens is 272 g/mol. The number of benzene rings is 1. The smallest absolute Gasteiger partial charge is 0.0910 e. The maximum atomic E-state index is 10.7. The highest BCUT2D eigenvalue weighted by Crippen LogP contribution is 2.45. The van der Waals surface area contributed by atoms with Crippen LogP contribution >= 0.6 is 23.5 Å². The largest absolute Gasteiger partial charge is 0.391 e. The van der Waals surface area contributed by atoms with Gasteiger partial charge in [-0.1, -0.05) is 58.0 Å². The van der Waals surface area contributed by atoms with E-state index < -0.39 is 0 Å². The molecule has 0 aliphatic heterocycles.